The van der Waals surface area contributed by atoms with Gasteiger partial charge in [0.05, 0.1) is 6.42 Å². The van der Waals surface area contributed by atoms with Crippen LogP contribution in [0.25, 0.3) is 0 Å². The molecule has 0 aromatic rings. The van der Waals surface area contributed by atoms with E-state index in [0.717, 1.165) is 32.1 Å². The lowest BCUT2D eigenvalue weighted by Gasteiger charge is -2.26. The number of rotatable bonds is 6. The van der Waals surface area contributed by atoms with Crippen LogP contribution in [0.1, 0.15) is 65.7 Å². The lowest BCUT2D eigenvalue weighted by Crippen LogP contribution is -2.33. The van der Waals surface area contributed by atoms with E-state index in [9.17, 15) is 9.59 Å². The molecule has 1 amide bonds. The fraction of sp³-hybridized carbons (Fsp3) is 0.867. The van der Waals surface area contributed by atoms with Crippen molar-refractivity contribution in [2.24, 2.45) is 10.8 Å². The summed E-state index contributed by atoms with van der Waals surface area (Å²) in [6.45, 7) is 7.09. The second kappa shape index (κ2) is 6.40. The van der Waals surface area contributed by atoms with Gasteiger partial charge in [0.15, 0.2) is 0 Å². The minimum Gasteiger partial charge on any atom is -0.481 e. The Bertz CT molecular complexity index is 325. The van der Waals surface area contributed by atoms with Crippen LogP contribution >= 0.6 is 0 Å². The summed E-state index contributed by atoms with van der Waals surface area (Å²) in [7, 11) is 0. The van der Waals surface area contributed by atoms with Crippen molar-refractivity contribution in [2.75, 3.05) is 6.54 Å². The Morgan fingerprint density at radius 1 is 1.16 bits per heavy atom. The van der Waals surface area contributed by atoms with Gasteiger partial charge in [-0.3, -0.25) is 9.59 Å². The number of carbonyl (C=O) groups excluding carboxylic acids is 1. The van der Waals surface area contributed by atoms with Gasteiger partial charge in [0.2, 0.25) is 5.91 Å². The highest BCUT2D eigenvalue weighted by Crippen LogP contribution is 2.43. The van der Waals surface area contributed by atoms with Gasteiger partial charge >= 0.3 is 5.97 Å². The highest BCUT2D eigenvalue weighted by Gasteiger charge is 2.37. The number of carboxylic acid groups (broad SMARTS) is 1. The van der Waals surface area contributed by atoms with Crippen LogP contribution in [0.3, 0.4) is 0 Å². The van der Waals surface area contributed by atoms with Crippen molar-refractivity contribution in [3.05, 3.63) is 0 Å². The molecule has 1 saturated carbocycles. The molecular weight excluding hydrogens is 242 g/mol. The highest BCUT2D eigenvalue weighted by atomic mass is 16.4. The highest BCUT2D eigenvalue weighted by molar-refractivity contribution is 5.78. The Morgan fingerprint density at radius 2 is 1.74 bits per heavy atom. The molecule has 0 spiro atoms. The number of carbonyl (C=O) groups is 2. The first kappa shape index (κ1) is 16.0. The van der Waals surface area contributed by atoms with Crippen LogP contribution in [-0.4, -0.2) is 23.5 Å². The lowest BCUT2D eigenvalue weighted by atomic mass is 9.79. The molecule has 2 N–H and O–H groups in total. The van der Waals surface area contributed by atoms with E-state index in [1.54, 1.807) is 0 Å². The summed E-state index contributed by atoms with van der Waals surface area (Å²) in [5.41, 5.74) is -0.0863. The third-order valence-electron chi connectivity index (χ3n) is 3.92. The SMILES string of the molecule is CC(C)(C)CCNC(=O)CC1(CC(=O)O)CCCC1. The van der Waals surface area contributed by atoms with E-state index in [0.29, 0.717) is 13.0 Å². The molecule has 19 heavy (non-hydrogen) atoms. The average Bonchev–Trinajstić information content (AvgIpc) is 2.62. The zero-order valence-electron chi connectivity index (χ0n) is 12.4. The Morgan fingerprint density at radius 3 is 2.21 bits per heavy atom. The Kier molecular flexibility index (Phi) is 5.39. The zero-order chi connectivity index (χ0) is 14.5. The van der Waals surface area contributed by atoms with Crippen molar-refractivity contribution in [2.45, 2.75) is 65.7 Å². The molecule has 1 aliphatic rings. The first-order valence-electron chi connectivity index (χ1n) is 7.21. The number of amides is 1. The van der Waals surface area contributed by atoms with E-state index in [-0.39, 0.29) is 23.2 Å². The predicted octanol–water partition coefficient (Wildman–Crippen LogP) is 2.96. The molecule has 1 fully saturated rings. The second-order valence-electron chi connectivity index (χ2n) is 7.12. The maximum atomic E-state index is 12.0. The Labute approximate surface area is 116 Å². The summed E-state index contributed by atoms with van der Waals surface area (Å²) in [6.07, 6.45) is 5.25. The van der Waals surface area contributed by atoms with Crippen molar-refractivity contribution >= 4 is 11.9 Å². The van der Waals surface area contributed by atoms with Crippen LogP contribution in [0, 0.1) is 10.8 Å². The van der Waals surface area contributed by atoms with Gasteiger partial charge in [-0.15, -0.1) is 0 Å². The fourth-order valence-corrected chi connectivity index (χ4v) is 2.84. The van der Waals surface area contributed by atoms with Gasteiger partial charge in [0.1, 0.15) is 0 Å². The summed E-state index contributed by atoms with van der Waals surface area (Å²) >= 11 is 0. The summed E-state index contributed by atoms with van der Waals surface area (Å²) < 4.78 is 0. The zero-order valence-corrected chi connectivity index (χ0v) is 12.4. The van der Waals surface area contributed by atoms with Crippen molar-refractivity contribution < 1.29 is 14.7 Å². The molecule has 1 aliphatic carbocycles. The van der Waals surface area contributed by atoms with Crippen LogP contribution in [0.2, 0.25) is 0 Å². The summed E-state index contributed by atoms with van der Waals surface area (Å²) in [5.74, 6) is -0.781. The average molecular weight is 269 g/mol. The third-order valence-corrected chi connectivity index (χ3v) is 3.92. The molecule has 0 saturated heterocycles. The van der Waals surface area contributed by atoms with Crippen molar-refractivity contribution in [3.63, 3.8) is 0 Å². The number of aliphatic carboxylic acids is 1. The molecule has 1 rings (SSSR count). The minimum absolute atomic E-state index is 0.00685. The van der Waals surface area contributed by atoms with Crippen LogP contribution in [0.5, 0.6) is 0 Å². The Balaban J connectivity index is 2.42. The number of carboxylic acids is 1. The molecule has 4 heteroatoms. The van der Waals surface area contributed by atoms with Gasteiger partial charge in [-0.25, -0.2) is 0 Å². The number of hydrogen-bond acceptors (Lipinski definition) is 2. The molecule has 0 bridgehead atoms. The third kappa shape index (κ3) is 6.08. The molecule has 0 heterocycles. The van der Waals surface area contributed by atoms with Gasteiger partial charge in [0.25, 0.3) is 0 Å². The molecule has 0 aromatic heterocycles. The van der Waals surface area contributed by atoms with Crippen molar-refractivity contribution in [3.8, 4) is 0 Å². The second-order valence-corrected chi connectivity index (χ2v) is 7.12. The standard InChI is InChI=1S/C15H27NO3/c1-14(2,3)8-9-16-12(17)10-15(11-13(18)19)6-4-5-7-15/h4-11H2,1-3H3,(H,16,17)(H,18,19). The summed E-state index contributed by atoms with van der Waals surface area (Å²) in [5, 5.41) is 11.9. The van der Waals surface area contributed by atoms with E-state index in [2.05, 4.69) is 26.1 Å². The molecule has 110 valence electrons. The summed E-state index contributed by atoms with van der Waals surface area (Å²) in [6, 6.07) is 0. The van der Waals surface area contributed by atoms with E-state index in [1.165, 1.54) is 0 Å². The number of hydrogen-bond donors (Lipinski definition) is 2. The van der Waals surface area contributed by atoms with Crippen LogP contribution in [0.4, 0.5) is 0 Å². The molecule has 4 nitrogen and oxygen atoms in total. The van der Waals surface area contributed by atoms with Gasteiger partial charge < -0.3 is 10.4 Å². The van der Waals surface area contributed by atoms with Gasteiger partial charge in [0, 0.05) is 13.0 Å². The maximum Gasteiger partial charge on any atom is 0.303 e. The molecule has 0 atom stereocenters. The van der Waals surface area contributed by atoms with E-state index in [1.807, 2.05) is 0 Å². The largest absolute Gasteiger partial charge is 0.481 e. The number of nitrogens with one attached hydrogen (secondary N) is 1. The maximum absolute atomic E-state index is 12.0. The smallest absolute Gasteiger partial charge is 0.303 e. The van der Waals surface area contributed by atoms with Crippen molar-refractivity contribution in [1.29, 1.82) is 0 Å². The van der Waals surface area contributed by atoms with Gasteiger partial charge in [-0.2, -0.15) is 0 Å². The van der Waals surface area contributed by atoms with Crippen molar-refractivity contribution in [1.82, 2.24) is 5.32 Å². The van der Waals surface area contributed by atoms with E-state index >= 15 is 0 Å². The van der Waals surface area contributed by atoms with Crippen LogP contribution in [0.15, 0.2) is 0 Å². The Hall–Kier alpha value is -1.06. The quantitative estimate of drug-likeness (QED) is 0.779. The topological polar surface area (TPSA) is 66.4 Å². The van der Waals surface area contributed by atoms with Gasteiger partial charge in [-0.1, -0.05) is 33.6 Å². The summed E-state index contributed by atoms with van der Waals surface area (Å²) in [4.78, 5) is 22.9. The van der Waals surface area contributed by atoms with Crippen LogP contribution in [-0.2, 0) is 9.59 Å². The molecule has 0 unspecified atom stereocenters. The molecule has 0 aliphatic heterocycles. The monoisotopic (exact) mass is 269 g/mol. The normalized spacial score (nSPS) is 18.3. The predicted molar refractivity (Wildman–Crippen MR) is 74.9 cm³/mol. The minimum atomic E-state index is -0.788. The van der Waals surface area contributed by atoms with Gasteiger partial charge in [-0.05, 0) is 30.1 Å². The first-order valence-corrected chi connectivity index (χ1v) is 7.21. The molecular formula is C15H27NO3. The molecule has 0 aromatic carbocycles. The van der Waals surface area contributed by atoms with E-state index < -0.39 is 5.97 Å². The lowest BCUT2D eigenvalue weighted by molar-refractivity contribution is -0.140. The van der Waals surface area contributed by atoms with E-state index in [4.69, 9.17) is 5.11 Å². The fourth-order valence-electron chi connectivity index (χ4n) is 2.84. The molecule has 0 radical (unpaired) electrons. The first-order chi connectivity index (χ1) is 8.72. The van der Waals surface area contributed by atoms with Crippen LogP contribution < -0.4 is 5.32 Å².